The molecule has 1 rings (SSSR count). The molecule has 5 nitrogen and oxygen atoms in total. The third-order valence-electron chi connectivity index (χ3n) is 2.63. The number of carbonyl (C=O) groups excluding carboxylic acids is 1. The summed E-state index contributed by atoms with van der Waals surface area (Å²) >= 11 is 0. The molecule has 5 heteroatoms. The van der Waals surface area contributed by atoms with Crippen molar-refractivity contribution in [1.29, 1.82) is 0 Å². The summed E-state index contributed by atoms with van der Waals surface area (Å²) in [7, 11) is 1.78. The van der Waals surface area contributed by atoms with Crippen molar-refractivity contribution in [3.63, 3.8) is 0 Å². The Morgan fingerprint density at radius 3 is 2.69 bits per heavy atom. The topological polar surface area (TPSA) is 75.0 Å². The molecule has 0 atom stereocenters. The average molecular weight is 224 g/mol. The molecule has 0 aromatic carbocycles. The third kappa shape index (κ3) is 2.53. The first-order valence-corrected chi connectivity index (χ1v) is 5.69. The van der Waals surface area contributed by atoms with Crippen LogP contribution in [0.4, 0.5) is 5.69 Å². The number of anilines is 1. The van der Waals surface area contributed by atoms with Gasteiger partial charge in [0, 0.05) is 13.6 Å². The van der Waals surface area contributed by atoms with E-state index in [2.05, 4.69) is 17.1 Å². The number of amides is 1. The van der Waals surface area contributed by atoms with Crippen LogP contribution in [0, 0.1) is 0 Å². The zero-order valence-corrected chi connectivity index (χ0v) is 10.2. The number of hydrogen-bond acceptors (Lipinski definition) is 3. The summed E-state index contributed by atoms with van der Waals surface area (Å²) in [5.41, 5.74) is 7.49. The fraction of sp³-hybridized carbons (Fsp3) is 0.636. The number of nitrogen functional groups attached to an aromatic ring is 1. The first-order valence-electron chi connectivity index (χ1n) is 5.69. The Kier molecular flexibility index (Phi) is 4.34. The normalized spacial score (nSPS) is 10.4. The highest BCUT2D eigenvalue weighted by Crippen LogP contribution is 2.16. The number of nitrogens with zero attached hydrogens (tertiary/aromatic N) is 2. The highest BCUT2D eigenvalue weighted by Gasteiger charge is 2.19. The van der Waals surface area contributed by atoms with E-state index in [1.807, 2.05) is 6.92 Å². The molecule has 0 aliphatic carbocycles. The highest BCUT2D eigenvalue weighted by molar-refractivity contribution is 5.97. The van der Waals surface area contributed by atoms with Crippen LogP contribution in [0.5, 0.6) is 0 Å². The lowest BCUT2D eigenvalue weighted by atomic mass is 10.2. The lowest BCUT2D eigenvalue weighted by Gasteiger charge is -2.15. The van der Waals surface area contributed by atoms with Crippen LogP contribution in [0.3, 0.4) is 0 Å². The molecule has 0 bridgehead atoms. The molecule has 1 aromatic heterocycles. The van der Waals surface area contributed by atoms with Crippen molar-refractivity contribution in [3.05, 3.63) is 11.4 Å². The van der Waals surface area contributed by atoms with Crippen molar-refractivity contribution in [1.82, 2.24) is 15.1 Å². The van der Waals surface area contributed by atoms with Gasteiger partial charge in [-0.3, -0.25) is 9.89 Å². The van der Waals surface area contributed by atoms with E-state index in [1.165, 1.54) is 0 Å². The molecule has 16 heavy (non-hydrogen) atoms. The summed E-state index contributed by atoms with van der Waals surface area (Å²) in [6.45, 7) is 4.80. The second-order valence-corrected chi connectivity index (χ2v) is 3.90. The average Bonchev–Trinajstić information content (AvgIpc) is 2.66. The third-order valence-corrected chi connectivity index (χ3v) is 2.63. The van der Waals surface area contributed by atoms with Crippen LogP contribution < -0.4 is 5.73 Å². The van der Waals surface area contributed by atoms with E-state index in [0.29, 0.717) is 11.4 Å². The number of nitrogens with two attached hydrogens (primary N) is 1. The number of carbonyl (C=O) groups is 1. The summed E-state index contributed by atoms with van der Waals surface area (Å²) in [4.78, 5) is 13.6. The van der Waals surface area contributed by atoms with Crippen LogP contribution in [0.15, 0.2) is 0 Å². The molecule has 90 valence electrons. The monoisotopic (exact) mass is 224 g/mol. The quantitative estimate of drug-likeness (QED) is 0.794. The molecule has 0 radical (unpaired) electrons. The molecule has 0 spiro atoms. The smallest absolute Gasteiger partial charge is 0.276 e. The van der Waals surface area contributed by atoms with Gasteiger partial charge in [0.2, 0.25) is 0 Å². The molecule has 0 unspecified atom stereocenters. The minimum atomic E-state index is -0.109. The molecule has 0 aliphatic rings. The molecule has 3 N–H and O–H groups in total. The Balaban J connectivity index is 2.75. The van der Waals surface area contributed by atoms with E-state index in [1.54, 1.807) is 11.9 Å². The second kappa shape index (κ2) is 5.53. The maximum atomic E-state index is 12.0. The van der Waals surface area contributed by atoms with E-state index >= 15 is 0 Å². The Labute approximate surface area is 96.0 Å². The van der Waals surface area contributed by atoms with Crippen molar-refractivity contribution in [2.75, 3.05) is 19.3 Å². The van der Waals surface area contributed by atoms with Gasteiger partial charge in [-0.25, -0.2) is 0 Å². The molecule has 0 saturated heterocycles. The highest BCUT2D eigenvalue weighted by atomic mass is 16.2. The van der Waals surface area contributed by atoms with Gasteiger partial charge < -0.3 is 10.6 Å². The van der Waals surface area contributed by atoms with Crippen LogP contribution >= 0.6 is 0 Å². The molecular formula is C11H20N4O. The van der Waals surface area contributed by atoms with Crippen molar-refractivity contribution >= 4 is 11.6 Å². The Morgan fingerprint density at radius 1 is 1.50 bits per heavy atom. The predicted octanol–water partition coefficient (Wildman–Crippen LogP) is 1.43. The predicted molar refractivity (Wildman–Crippen MR) is 64.2 cm³/mol. The number of aromatic nitrogens is 2. The molecule has 0 saturated carbocycles. The van der Waals surface area contributed by atoms with Crippen LogP contribution in [-0.2, 0) is 6.42 Å². The summed E-state index contributed by atoms with van der Waals surface area (Å²) in [5, 5.41) is 6.77. The van der Waals surface area contributed by atoms with Gasteiger partial charge in [-0.05, 0) is 12.8 Å². The van der Waals surface area contributed by atoms with Gasteiger partial charge in [0.1, 0.15) is 0 Å². The van der Waals surface area contributed by atoms with Crippen LogP contribution in [0.1, 0.15) is 42.9 Å². The van der Waals surface area contributed by atoms with Gasteiger partial charge in [-0.1, -0.05) is 20.3 Å². The van der Waals surface area contributed by atoms with Crippen molar-refractivity contribution in [3.8, 4) is 0 Å². The molecule has 0 fully saturated rings. The summed E-state index contributed by atoms with van der Waals surface area (Å²) in [6.07, 6.45) is 2.81. The first kappa shape index (κ1) is 12.5. The summed E-state index contributed by atoms with van der Waals surface area (Å²) in [5.74, 6) is -0.109. The van der Waals surface area contributed by atoms with Gasteiger partial charge >= 0.3 is 0 Å². The van der Waals surface area contributed by atoms with Crippen LogP contribution in [0.2, 0.25) is 0 Å². The van der Waals surface area contributed by atoms with E-state index in [-0.39, 0.29) is 5.91 Å². The number of aromatic amines is 1. The number of nitrogens with one attached hydrogen (secondary N) is 1. The fourth-order valence-electron chi connectivity index (χ4n) is 1.50. The van der Waals surface area contributed by atoms with E-state index in [0.717, 1.165) is 31.5 Å². The first-order chi connectivity index (χ1) is 7.61. The van der Waals surface area contributed by atoms with Gasteiger partial charge in [-0.2, -0.15) is 5.10 Å². The van der Waals surface area contributed by atoms with Crippen molar-refractivity contribution in [2.45, 2.75) is 33.1 Å². The maximum absolute atomic E-state index is 12.0. The fourth-order valence-corrected chi connectivity index (χ4v) is 1.50. The molecular weight excluding hydrogens is 204 g/mol. The number of hydrogen-bond donors (Lipinski definition) is 2. The SMILES string of the molecule is CCCCN(C)C(=O)c1n[nH]c(CC)c1N. The van der Waals surface area contributed by atoms with Crippen LogP contribution in [-0.4, -0.2) is 34.6 Å². The lowest BCUT2D eigenvalue weighted by Crippen LogP contribution is -2.28. The van der Waals surface area contributed by atoms with Gasteiger partial charge in [0.25, 0.3) is 5.91 Å². The number of rotatable bonds is 5. The second-order valence-electron chi connectivity index (χ2n) is 3.90. The zero-order valence-electron chi connectivity index (χ0n) is 10.2. The molecule has 1 heterocycles. The molecule has 0 aliphatic heterocycles. The van der Waals surface area contributed by atoms with Gasteiger partial charge in [0.15, 0.2) is 5.69 Å². The number of aryl methyl sites for hydroxylation is 1. The Hall–Kier alpha value is -1.52. The van der Waals surface area contributed by atoms with Gasteiger partial charge in [0.05, 0.1) is 11.4 Å². The van der Waals surface area contributed by atoms with E-state index in [4.69, 9.17) is 5.73 Å². The minimum Gasteiger partial charge on any atom is -0.395 e. The zero-order chi connectivity index (χ0) is 12.1. The van der Waals surface area contributed by atoms with Crippen molar-refractivity contribution < 1.29 is 4.79 Å². The Morgan fingerprint density at radius 2 is 2.19 bits per heavy atom. The molecule has 1 amide bonds. The lowest BCUT2D eigenvalue weighted by molar-refractivity contribution is 0.0788. The summed E-state index contributed by atoms with van der Waals surface area (Å²) in [6, 6.07) is 0. The Bertz CT molecular complexity index is 359. The maximum Gasteiger partial charge on any atom is 0.276 e. The summed E-state index contributed by atoms with van der Waals surface area (Å²) < 4.78 is 0. The van der Waals surface area contributed by atoms with E-state index < -0.39 is 0 Å². The van der Waals surface area contributed by atoms with Crippen molar-refractivity contribution in [2.24, 2.45) is 0 Å². The van der Waals surface area contributed by atoms with Gasteiger partial charge in [-0.15, -0.1) is 0 Å². The van der Waals surface area contributed by atoms with Crippen LogP contribution in [0.25, 0.3) is 0 Å². The number of H-pyrrole nitrogens is 1. The molecule has 1 aromatic rings. The van der Waals surface area contributed by atoms with E-state index in [9.17, 15) is 4.79 Å². The minimum absolute atomic E-state index is 0.109. The standard InChI is InChI=1S/C11H20N4O/c1-4-6-7-15(3)11(16)10-9(12)8(5-2)13-14-10/h4-7,12H2,1-3H3,(H,13,14). The largest absolute Gasteiger partial charge is 0.395 e. The number of unbranched alkanes of at least 4 members (excludes halogenated alkanes) is 1.